The van der Waals surface area contributed by atoms with Crippen LogP contribution in [0.3, 0.4) is 0 Å². The third kappa shape index (κ3) is 45.8. The Kier molecular flexibility index (Phi) is 45.8. The Morgan fingerprint density at radius 1 is 0.354 bits per heavy atom. The summed E-state index contributed by atoms with van der Waals surface area (Å²) in [5, 5.41) is 52.1. The number of primary amides is 1. The summed E-state index contributed by atoms with van der Waals surface area (Å²) in [4.78, 5) is 130. The van der Waals surface area contributed by atoms with Crippen LogP contribution in [0.15, 0.2) is 0 Å². The highest BCUT2D eigenvalue weighted by atomic mass is 32.1. The first kappa shape index (κ1) is 73.3. The quantitative estimate of drug-likeness (QED) is 0.0301. The third-order valence-corrected chi connectivity index (χ3v) is 12.3. The van der Waals surface area contributed by atoms with E-state index < -0.39 is 96.5 Å². The zero-order chi connectivity index (χ0) is 58.9. The summed E-state index contributed by atoms with van der Waals surface area (Å²) in [5.74, 6) is -8.57. The molecule has 0 aliphatic rings. The SMILES string of the molecule is NC(=O)C(CCCCNC(=O)CC[C@H](NC(=O)CC[C@H](NC(=O)COCCOCCNC(=O)COCCOCCNC(=O)CCC(NC(=O)CCCCCCCCCCCCCCCCC(=O)O)C(=O)O)C(=O)O)C(=O)O)NS. The number of nitrogens with two attached hydrogens (primary N) is 1. The number of carboxylic acids is 4. The molecule has 0 aromatic heterocycles. The second kappa shape index (κ2) is 49.4. The number of amides is 7. The normalized spacial score (nSPS) is 12.5. The number of hydrogen-bond donors (Lipinski definition) is 13. The van der Waals surface area contributed by atoms with Gasteiger partial charge in [-0.25, -0.2) is 14.4 Å². The van der Waals surface area contributed by atoms with Crippen molar-refractivity contribution in [1.29, 1.82) is 0 Å². The number of hydrogen-bond acceptors (Lipinski definition) is 17. The number of thiol groups is 1. The molecular formula is C51H90N8O19S. The lowest BCUT2D eigenvalue weighted by molar-refractivity contribution is -0.144. The molecule has 0 rings (SSSR count). The summed E-state index contributed by atoms with van der Waals surface area (Å²) in [6, 6.07) is -4.71. The molecular weight excluding hydrogens is 1060 g/mol. The van der Waals surface area contributed by atoms with Crippen LogP contribution in [0.2, 0.25) is 0 Å². The fraction of sp³-hybridized carbons (Fsp3) is 0.784. The first-order chi connectivity index (χ1) is 37.9. The van der Waals surface area contributed by atoms with Crippen LogP contribution >= 0.6 is 12.8 Å². The van der Waals surface area contributed by atoms with Gasteiger partial charge < -0.3 is 77.0 Å². The third-order valence-electron chi connectivity index (χ3n) is 12.0. The minimum Gasteiger partial charge on any atom is -0.481 e. The summed E-state index contributed by atoms with van der Waals surface area (Å²) < 4.78 is 23.7. The summed E-state index contributed by atoms with van der Waals surface area (Å²) in [7, 11) is 0. The molecule has 7 amide bonds. The lowest BCUT2D eigenvalue weighted by Crippen LogP contribution is -2.45. The van der Waals surface area contributed by atoms with Crippen molar-refractivity contribution in [3.8, 4) is 0 Å². The molecule has 0 radical (unpaired) electrons. The maximum atomic E-state index is 12.5. The van der Waals surface area contributed by atoms with Crippen LogP contribution in [0.1, 0.15) is 161 Å². The highest BCUT2D eigenvalue weighted by Crippen LogP contribution is 2.14. The lowest BCUT2D eigenvalue weighted by Gasteiger charge is -2.17. The van der Waals surface area contributed by atoms with Crippen molar-refractivity contribution >= 4 is 78.0 Å². The minimum absolute atomic E-state index is 0.0355. The van der Waals surface area contributed by atoms with E-state index in [4.69, 9.17) is 29.8 Å². The van der Waals surface area contributed by atoms with E-state index in [-0.39, 0.29) is 117 Å². The molecule has 79 heavy (non-hydrogen) atoms. The lowest BCUT2D eigenvalue weighted by atomic mass is 10.0. The number of nitrogens with one attached hydrogen (secondary N) is 7. The molecule has 27 nitrogen and oxygen atoms in total. The Morgan fingerprint density at radius 3 is 1.13 bits per heavy atom. The maximum Gasteiger partial charge on any atom is 0.326 e. The maximum absolute atomic E-state index is 12.5. The van der Waals surface area contributed by atoms with Crippen molar-refractivity contribution in [3.05, 3.63) is 0 Å². The van der Waals surface area contributed by atoms with Crippen LogP contribution in [0.5, 0.6) is 0 Å². The van der Waals surface area contributed by atoms with Gasteiger partial charge in [-0.15, -0.1) is 0 Å². The van der Waals surface area contributed by atoms with E-state index in [9.17, 15) is 68.1 Å². The van der Waals surface area contributed by atoms with Crippen molar-refractivity contribution in [2.24, 2.45) is 5.73 Å². The number of carbonyl (C=O) groups is 11. The molecule has 0 saturated carbocycles. The first-order valence-electron chi connectivity index (χ1n) is 27.4. The molecule has 0 aliphatic carbocycles. The van der Waals surface area contributed by atoms with E-state index >= 15 is 0 Å². The van der Waals surface area contributed by atoms with Gasteiger partial charge in [-0.1, -0.05) is 89.9 Å². The molecule has 0 aromatic carbocycles. The Bertz CT molecular complexity index is 1800. The van der Waals surface area contributed by atoms with E-state index in [2.05, 4.69) is 49.4 Å². The average molecular weight is 1150 g/mol. The van der Waals surface area contributed by atoms with Crippen LogP contribution in [-0.4, -0.2) is 182 Å². The Labute approximate surface area is 468 Å². The molecule has 0 heterocycles. The molecule has 13 N–H and O–H groups in total. The van der Waals surface area contributed by atoms with Crippen LogP contribution in [0.25, 0.3) is 0 Å². The molecule has 0 aromatic rings. The fourth-order valence-corrected chi connectivity index (χ4v) is 7.80. The van der Waals surface area contributed by atoms with Gasteiger partial charge >= 0.3 is 23.9 Å². The largest absolute Gasteiger partial charge is 0.481 e. The average Bonchev–Trinajstić information content (AvgIpc) is 3.39. The molecule has 0 aliphatic heterocycles. The highest BCUT2D eigenvalue weighted by molar-refractivity contribution is 7.78. The molecule has 2 unspecified atom stereocenters. The van der Waals surface area contributed by atoms with Crippen molar-refractivity contribution in [2.45, 2.75) is 185 Å². The van der Waals surface area contributed by atoms with E-state index in [1.165, 1.54) is 32.1 Å². The summed E-state index contributed by atoms with van der Waals surface area (Å²) in [6.45, 7) is 0.228. The van der Waals surface area contributed by atoms with E-state index in [1.807, 2.05) is 0 Å². The second-order valence-corrected chi connectivity index (χ2v) is 19.1. The molecule has 0 saturated heterocycles. The van der Waals surface area contributed by atoms with E-state index in [0.717, 1.165) is 51.4 Å². The van der Waals surface area contributed by atoms with Gasteiger partial charge in [0, 0.05) is 51.7 Å². The van der Waals surface area contributed by atoms with Crippen LogP contribution < -0.4 is 42.4 Å². The Morgan fingerprint density at radius 2 is 0.709 bits per heavy atom. The van der Waals surface area contributed by atoms with Crippen molar-refractivity contribution in [3.63, 3.8) is 0 Å². The number of unbranched alkanes of at least 4 members (excludes halogenated alkanes) is 14. The van der Waals surface area contributed by atoms with Crippen LogP contribution in [-0.2, 0) is 71.7 Å². The predicted octanol–water partition coefficient (Wildman–Crippen LogP) is 1.23. The zero-order valence-electron chi connectivity index (χ0n) is 45.7. The molecule has 454 valence electrons. The summed E-state index contributed by atoms with van der Waals surface area (Å²) >= 11 is 3.83. The first-order valence-corrected chi connectivity index (χ1v) is 27.9. The smallest absolute Gasteiger partial charge is 0.326 e. The van der Waals surface area contributed by atoms with Crippen LogP contribution in [0.4, 0.5) is 0 Å². The topological polar surface area (TPSA) is 416 Å². The standard InChI is InChI=1S/C51H90N8O19S/c52-48(68)37(59-79)17-15-16-26-53-41(60)23-20-39(50(71)72)57-44(63)25-22-40(51(73)74)58-46(65)36-78-34-32-76-30-28-55-45(64)35-77-33-31-75-29-27-54-42(61)24-21-38(49(69)70)56-43(62)18-13-11-9-7-5-3-1-2-4-6-8-10-12-14-19-47(66)67/h37-40,59,79H,1-36H2,(H2,52,68)(H,53,60)(H,54,61)(H,55,64)(H,56,62)(H,57,63)(H,58,65)(H,66,67)(H,69,70)(H,71,72)(H,73,74)/t37?,38?,39-,40-/m0/s1. The molecule has 0 bridgehead atoms. The van der Waals surface area contributed by atoms with Crippen molar-refractivity contribution < 1.29 is 92.1 Å². The molecule has 0 fully saturated rings. The van der Waals surface area contributed by atoms with Gasteiger partial charge in [0.25, 0.3) is 0 Å². The summed E-state index contributed by atoms with van der Waals surface area (Å²) in [6.07, 6.45) is 15.3. The summed E-state index contributed by atoms with van der Waals surface area (Å²) in [5.41, 5.74) is 5.22. The predicted molar refractivity (Wildman–Crippen MR) is 289 cm³/mol. The van der Waals surface area contributed by atoms with Gasteiger partial charge in [0.2, 0.25) is 41.4 Å². The minimum atomic E-state index is -1.49. The molecule has 0 spiro atoms. The zero-order valence-corrected chi connectivity index (χ0v) is 46.6. The van der Waals surface area contributed by atoms with E-state index in [0.29, 0.717) is 25.7 Å². The van der Waals surface area contributed by atoms with Gasteiger partial charge in [-0.05, 0) is 51.4 Å². The number of aliphatic carboxylic acids is 4. The number of carbonyl (C=O) groups excluding carboxylic acids is 7. The van der Waals surface area contributed by atoms with Crippen LogP contribution in [0, 0.1) is 0 Å². The van der Waals surface area contributed by atoms with Crippen molar-refractivity contribution in [2.75, 3.05) is 72.5 Å². The molecule has 4 atom stereocenters. The van der Waals surface area contributed by atoms with E-state index in [1.54, 1.807) is 0 Å². The highest BCUT2D eigenvalue weighted by Gasteiger charge is 2.25. The van der Waals surface area contributed by atoms with Gasteiger partial charge in [0.15, 0.2) is 0 Å². The van der Waals surface area contributed by atoms with Gasteiger partial charge in [0.1, 0.15) is 31.3 Å². The Balaban J connectivity index is 3.97. The van der Waals surface area contributed by atoms with Gasteiger partial charge in [-0.2, -0.15) is 0 Å². The molecule has 28 heteroatoms. The van der Waals surface area contributed by atoms with Gasteiger partial charge in [0.05, 0.1) is 45.7 Å². The Hall–Kier alpha value is -5.68. The fourth-order valence-electron chi connectivity index (χ4n) is 7.54. The number of rotatable bonds is 55. The monoisotopic (exact) mass is 1150 g/mol. The number of carboxylic acid groups (broad SMARTS) is 4. The second-order valence-electron chi connectivity index (χ2n) is 18.8. The van der Waals surface area contributed by atoms with Crippen molar-refractivity contribution in [1.82, 2.24) is 36.6 Å². The number of ether oxygens (including phenoxy) is 4. The van der Waals surface area contributed by atoms with Gasteiger partial charge in [-0.3, -0.25) is 43.1 Å².